The van der Waals surface area contributed by atoms with Gasteiger partial charge in [-0.3, -0.25) is 13.9 Å². The van der Waals surface area contributed by atoms with Crippen molar-refractivity contribution in [2.24, 2.45) is 0 Å². The van der Waals surface area contributed by atoms with Gasteiger partial charge in [-0.15, -0.1) is 0 Å². The quantitative estimate of drug-likeness (QED) is 0.309. The number of benzene rings is 3. The lowest BCUT2D eigenvalue weighted by atomic mass is 10.1. The summed E-state index contributed by atoms with van der Waals surface area (Å²) in [6.07, 6.45) is 4.53. The molecule has 0 bridgehead atoms. The molecule has 0 aliphatic heterocycles. The number of nitrogens with zero attached hydrogens (tertiary/aromatic N) is 2. The van der Waals surface area contributed by atoms with Crippen LogP contribution in [0.2, 0.25) is 5.02 Å². The fourth-order valence-corrected chi connectivity index (χ4v) is 6.64. The van der Waals surface area contributed by atoms with Gasteiger partial charge in [0.25, 0.3) is 10.0 Å². The number of anilines is 1. The maximum Gasteiger partial charge on any atom is 0.264 e. The lowest BCUT2D eigenvalue weighted by molar-refractivity contribution is -0.139. The molecule has 0 spiro atoms. The molecule has 0 radical (unpaired) electrons. The smallest absolute Gasteiger partial charge is 0.264 e. The van der Waals surface area contributed by atoms with E-state index in [1.54, 1.807) is 19.1 Å². The van der Waals surface area contributed by atoms with Crippen molar-refractivity contribution >= 4 is 39.1 Å². The minimum absolute atomic E-state index is 0.0239. The Kier molecular flexibility index (Phi) is 10.1. The van der Waals surface area contributed by atoms with Crippen molar-refractivity contribution in [1.82, 2.24) is 10.2 Å². The summed E-state index contributed by atoms with van der Waals surface area (Å²) < 4.78 is 29.0. The Morgan fingerprint density at radius 3 is 2.24 bits per heavy atom. The standard InChI is InChI=1S/C32H38ClN3O4S/c1-23-13-16-29(21-24(23)2)36(41(39,40)30-17-14-27(33)15-18-30)22-31(37)35(20-19-26-9-5-4-6-10-26)25(3)32(38)34-28-11-7-8-12-28/h4-6,9-10,13-18,21,25,28H,7-8,11-12,19-20,22H2,1-3H3,(H,34,38). The molecule has 0 heterocycles. The number of hydrogen-bond donors (Lipinski definition) is 1. The van der Waals surface area contributed by atoms with E-state index in [0.29, 0.717) is 17.1 Å². The highest BCUT2D eigenvalue weighted by atomic mass is 35.5. The molecule has 3 aromatic carbocycles. The lowest BCUT2D eigenvalue weighted by Crippen LogP contribution is -2.53. The van der Waals surface area contributed by atoms with Crippen molar-refractivity contribution in [2.75, 3.05) is 17.4 Å². The fraction of sp³-hybridized carbons (Fsp3) is 0.375. The predicted octanol–water partition coefficient (Wildman–Crippen LogP) is 5.67. The van der Waals surface area contributed by atoms with Crippen molar-refractivity contribution in [3.05, 3.63) is 94.5 Å². The molecular weight excluding hydrogens is 558 g/mol. The Morgan fingerprint density at radius 2 is 1.61 bits per heavy atom. The van der Waals surface area contributed by atoms with Crippen LogP contribution in [0.4, 0.5) is 5.69 Å². The van der Waals surface area contributed by atoms with Crippen molar-refractivity contribution in [3.8, 4) is 0 Å². The van der Waals surface area contributed by atoms with E-state index in [9.17, 15) is 18.0 Å². The van der Waals surface area contributed by atoms with Crippen molar-refractivity contribution in [2.45, 2.75) is 69.9 Å². The number of aryl methyl sites for hydroxylation is 2. The van der Waals surface area contributed by atoms with E-state index in [4.69, 9.17) is 11.6 Å². The number of rotatable bonds is 11. The third-order valence-electron chi connectivity index (χ3n) is 7.81. The van der Waals surface area contributed by atoms with Crippen LogP contribution in [0.15, 0.2) is 77.7 Å². The molecular formula is C32H38ClN3O4S. The van der Waals surface area contributed by atoms with Crippen LogP contribution in [0.1, 0.15) is 49.3 Å². The van der Waals surface area contributed by atoms with Crippen LogP contribution in [-0.2, 0) is 26.0 Å². The third-order valence-corrected chi connectivity index (χ3v) is 9.85. The number of amides is 2. The van der Waals surface area contributed by atoms with Crippen molar-refractivity contribution in [1.29, 1.82) is 0 Å². The molecule has 9 heteroatoms. The van der Waals surface area contributed by atoms with Gasteiger partial charge >= 0.3 is 0 Å². The van der Waals surface area contributed by atoms with Gasteiger partial charge in [-0.25, -0.2) is 8.42 Å². The SMILES string of the molecule is Cc1ccc(N(CC(=O)N(CCc2ccccc2)C(C)C(=O)NC2CCCC2)S(=O)(=O)c2ccc(Cl)cc2)cc1C. The van der Waals surface area contributed by atoms with E-state index >= 15 is 0 Å². The molecule has 1 atom stereocenters. The Balaban J connectivity index is 1.66. The summed E-state index contributed by atoms with van der Waals surface area (Å²) in [5.74, 6) is -0.678. The molecule has 0 aromatic heterocycles. The zero-order chi connectivity index (χ0) is 29.6. The van der Waals surface area contributed by atoms with Gasteiger partial charge in [-0.1, -0.05) is 60.8 Å². The van der Waals surface area contributed by atoms with E-state index in [2.05, 4.69) is 5.32 Å². The first kappa shape index (κ1) is 30.6. The minimum Gasteiger partial charge on any atom is -0.352 e. The summed E-state index contributed by atoms with van der Waals surface area (Å²) in [4.78, 5) is 28.9. The fourth-order valence-electron chi connectivity index (χ4n) is 5.11. The average Bonchev–Trinajstić information content (AvgIpc) is 3.47. The number of hydrogen-bond acceptors (Lipinski definition) is 4. The van der Waals surface area contributed by atoms with Gasteiger partial charge in [-0.05, 0) is 93.1 Å². The van der Waals surface area contributed by atoms with Gasteiger partial charge in [0.2, 0.25) is 11.8 Å². The molecule has 1 aliphatic rings. The summed E-state index contributed by atoms with van der Waals surface area (Å²) in [6.45, 7) is 5.36. The Hall–Kier alpha value is -3.36. The van der Waals surface area contributed by atoms with Crippen molar-refractivity contribution in [3.63, 3.8) is 0 Å². The first-order chi connectivity index (χ1) is 19.6. The second-order valence-corrected chi connectivity index (χ2v) is 13.0. The maximum absolute atomic E-state index is 14.0. The molecule has 4 rings (SSSR count). The van der Waals surface area contributed by atoms with Gasteiger partial charge in [0.1, 0.15) is 12.6 Å². The molecule has 7 nitrogen and oxygen atoms in total. The lowest BCUT2D eigenvalue weighted by Gasteiger charge is -2.32. The van der Waals surface area contributed by atoms with Crippen LogP contribution in [0.25, 0.3) is 0 Å². The number of carbonyl (C=O) groups excluding carboxylic acids is 2. The van der Waals surface area contributed by atoms with Crippen LogP contribution < -0.4 is 9.62 Å². The van der Waals surface area contributed by atoms with E-state index in [1.165, 1.54) is 29.2 Å². The van der Waals surface area contributed by atoms with E-state index in [-0.39, 0.29) is 23.4 Å². The summed E-state index contributed by atoms with van der Waals surface area (Å²) >= 11 is 6.03. The molecule has 1 aliphatic carbocycles. The molecule has 218 valence electrons. The largest absolute Gasteiger partial charge is 0.352 e. The first-order valence-corrected chi connectivity index (χ1v) is 15.9. The predicted molar refractivity (Wildman–Crippen MR) is 164 cm³/mol. The summed E-state index contributed by atoms with van der Waals surface area (Å²) in [5.41, 5.74) is 3.30. The first-order valence-electron chi connectivity index (χ1n) is 14.1. The molecule has 0 saturated heterocycles. The maximum atomic E-state index is 14.0. The van der Waals surface area contributed by atoms with Gasteiger partial charge in [0, 0.05) is 17.6 Å². The number of carbonyl (C=O) groups is 2. The molecule has 1 saturated carbocycles. The minimum atomic E-state index is -4.13. The summed E-state index contributed by atoms with van der Waals surface area (Å²) in [6, 6.07) is 20.2. The van der Waals surface area contributed by atoms with E-state index < -0.39 is 28.5 Å². The van der Waals surface area contributed by atoms with Gasteiger partial charge in [-0.2, -0.15) is 0 Å². The topological polar surface area (TPSA) is 86.8 Å². The Labute approximate surface area is 248 Å². The Bertz CT molecular complexity index is 1460. The highest BCUT2D eigenvalue weighted by molar-refractivity contribution is 7.92. The van der Waals surface area contributed by atoms with Gasteiger partial charge in [0.15, 0.2) is 0 Å². The molecule has 41 heavy (non-hydrogen) atoms. The molecule has 2 amide bonds. The number of nitrogens with one attached hydrogen (secondary N) is 1. The second-order valence-electron chi connectivity index (χ2n) is 10.7. The molecule has 1 fully saturated rings. The van der Waals surface area contributed by atoms with Gasteiger partial charge in [0.05, 0.1) is 10.6 Å². The monoisotopic (exact) mass is 595 g/mol. The van der Waals surface area contributed by atoms with E-state index in [1.807, 2.05) is 50.2 Å². The second kappa shape index (κ2) is 13.5. The van der Waals surface area contributed by atoms with Crippen LogP contribution >= 0.6 is 11.6 Å². The van der Waals surface area contributed by atoms with E-state index in [0.717, 1.165) is 46.7 Å². The molecule has 1 N–H and O–H groups in total. The number of halogens is 1. The molecule has 1 unspecified atom stereocenters. The highest BCUT2D eigenvalue weighted by Crippen LogP contribution is 2.27. The van der Waals surface area contributed by atoms with Crippen LogP contribution in [0.5, 0.6) is 0 Å². The zero-order valence-electron chi connectivity index (χ0n) is 23.8. The third kappa shape index (κ3) is 7.68. The molecule has 3 aromatic rings. The van der Waals surface area contributed by atoms with Gasteiger partial charge < -0.3 is 10.2 Å². The average molecular weight is 596 g/mol. The van der Waals surface area contributed by atoms with Crippen LogP contribution in [0.3, 0.4) is 0 Å². The Morgan fingerprint density at radius 1 is 0.951 bits per heavy atom. The van der Waals surface area contributed by atoms with Crippen molar-refractivity contribution < 1.29 is 18.0 Å². The normalized spacial score (nSPS) is 14.4. The number of sulfonamides is 1. The van der Waals surface area contributed by atoms with Crippen LogP contribution in [-0.4, -0.2) is 50.3 Å². The highest BCUT2D eigenvalue weighted by Gasteiger charge is 2.33. The summed E-state index contributed by atoms with van der Waals surface area (Å²) in [5, 5.41) is 3.50. The summed E-state index contributed by atoms with van der Waals surface area (Å²) in [7, 11) is -4.13. The van der Waals surface area contributed by atoms with Crippen LogP contribution in [0, 0.1) is 13.8 Å². The zero-order valence-corrected chi connectivity index (χ0v) is 25.4.